The van der Waals surface area contributed by atoms with Crippen molar-refractivity contribution < 1.29 is 9.59 Å². The fraction of sp³-hybridized carbons (Fsp3) is 0.250. The number of carbonyl (C=O) groups excluding carboxylic acids is 2. The maximum Gasteiger partial charge on any atom is 0.244 e. The quantitative estimate of drug-likeness (QED) is 0.854. The lowest BCUT2D eigenvalue weighted by molar-refractivity contribution is -0.117. The summed E-state index contributed by atoms with van der Waals surface area (Å²) in [6.07, 6.45) is 6.35. The van der Waals surface area contributed by atoms with Gasteiger partial charge in [0.2, 0.25) is 11.8 Å². The van der Waals surface area contributed by atoms with Crippen molar-refractivity contribution in [1.82, 2.24) is 10.3 Å². The van der Waals surface area contributed by atoms with Crippen LogP contribution in [0.3, 0.4) is 0 Å². The molecule has 0 saturated carbocycles. The summed E-state index contributed by atoms with van der Waals surface area (Å²) in [6.45, 7) is 2.69. The molecule has 2 aromatic rings. The molecule has 0 radical (unpaired) electrons. The average Bonchev–Trinajstić information content (AvgIpc) is 3.07. The van der Waals surface area contributed by atoms with Gasteiger partial charge >= 0.3 is 0 Å². The number of pyridine rings is 1. The molecule has 1 aromatic carbocycles. The Hall–Kier alpha value is -2.95. The summed E-state index contributed by atoms with van der Waals surface area (Å²) in [7, 11) is 0. The number of anilines is 1. The lowest BCUT2D eigenvalue weighted by atomic mass is 10.1. The van der Waals surface area contributed by atoms with Crippen LogP contribution < -0.4 is 10.2 Å². The van der Waals surface area contributed by atoms with E-state index in [-0.39, 0.29) is 17.9 Å². The molecule has 128 valence electrons. The van der Waals surface area contributed by atoms with E-state index in [9.17, 15) is 9.59 Å². The van der Waals surface area contributed by atoms with E-state index in [0.717, 1.165) is 29.9 Å². The molecule has 1 unspecified atom stereocenters. The van der Waals surface area contributed by atoms with E-state index in [1.54, 1.807) is 17.2 Å². The van der Waals surface area contributed by atoms with Gasteiger partial charge in [0.05, 0.1) is 11.7 Å². The molecule has 3 rings (SSSR count). The molecule has 5 nitrogen and oxygen atoms in total. The Morgan fingerprint density at radius 2 is 2.16 bits per heavy atom. The second-order valence-electron chi connectivity index (χ2n) is 6.06. The van der Waals surface area contributed by atoms with E-state index in [2.05, 4.69) is 10.3 Å². The van der Waals surface area contributed by atoms with Crippen LogP contribution in [-0.2, 0) is 9.59 Å². The van der Waals surface area contributed by atoms with E-state index < -0.39 is 0 Å². The van der Waals surface area contributed by atoms with Gasteiger partial charge in [0.25, 0.3) is 0 Å². The number of benzene rings is 1. The van der Waals surface area contributed by atoms with Crippen LogP contribution in [0.15, 0.2) is 54.7 Å². The van der Waals surface area contributed by atoms with Crippen LogP contribution in [0.2, 0.25) is 0 Å². The third-order valence-electron chi connectivity index (χ3n) is 4.21. The second-order valence-corrected chi connectivity index (χ2v) is 6.06. The lowest BCUT2D eigenvalue weighted by Gasteiger charge is -2.19. The van der Waals surface area contributed by atoms with Crippen LogP contribution in [0, 0.1) is 0 Å². The van der Waals surface area contributed by atoms with Crippen molar-refractivity contribution in [2.45, 2.75) is 25.8 Å². The van der Waals surface area contributed by atoms with Gasteiger partial charge in [-0.05, 0) is 49.2 Å². The highest BCUT2D eigenvalue weighted by atomic mass is 16.2. The molecule has 1 aliphatic rings. The minimum atomic E-state index is -0.180. The predicted octanol–water partition coefficient (Wildman–Crippen LogP) is 3.10. The maximum atomic E-state index is 12.1. The van der Waals surface area contributed by atoms with Crippen molar-refractivity contribution in [3.63, 3.8) is 0 Å². The normalized spacial score (nSPS) is 15.6. The first-order valence-corrected chi connectivity index (χ1v) is 8.43. The minimum absolute atomic E-state index is 0.154. The number of aromatic nitrogens is 1. The average molecular weight is 335 g/mol. The van der Waals surface area contributed by atoms with E-state index in [1.807, 2.05) is 49.4 Å². The summed E-state index contributed by atoms with van der Waals surface area (Å²) >= 11 is 0. The van der Waals surface area contributed by atoms with Gasteiger partial charge < -0.3 is 10.2 Å². The summed E-state index contributed by atoms with van der Waals surface area (Å²) in [4.78, 5) is 29.9. The molecule has 0 aliphatic carbocycles. The first kappa shape index (κ1) is 16.9. The molecule has 1 atom stereocenters. The summed E-state index contributed by atoms with van der Waals surface area (Å²) in [5, 5.41) is 2.94. The number of amides is 2. The third-order valence-corrected chi connectivity index (χ3v) is 4.21. The fourth-order valence-corrected chi connectivity index (χ4v) is 2.86. The second kappa shape index (κ2) is 7.75. The smallest absolute Gasteiger partial charge is 0.244 e. The summed E-state index contributed by atoms with van der Waals surface area (Å²) in [6, 6.07) is 13.2. The first-order valence-electron chi connectivity index (χ1n) is 8.43. The predicted molar refractivity (Wildman–Crippen MR) is 97.9 cm³/mol. The molecule has 1 aliphatic heterocycles. The number of hydrogen-bond donors (Lipinski definition) is 1. The molecule has 25 heavy (non-hydrogen) atoms. The van der Waals surface area contributed by atoms with Gasteiger partial charge in [-0.15, -0.1) is 0 Å². The Morgan fingerprint density at radius 1 is 1.28 bits per heavy atom. The molecule has 1 saturated heterocycles. The van der Waals surface area contributed by atoms with Crippen molar-refractivity contribution >= 4 is 23.6 Å². The van der Waals surface area contributed by atoms with Crippen LogP contribution in [0.5, 0.6) is 0 Å². The number of rotatable bonds is 5. The fourth-order valence-electron chi connectivity index (χ4n) is 2.86. The molecule has 1 aromatic heterocycles. The number of hydrogen-bond acceptors (Lipinski definition) is 3. The summed E-state index contributed by atoms with van der Waals surface area (Å²) in [5.41, 5.74) is 2.60. The van der Waals surface area contributed by atoms with E-state index in [4.69, 9.17) is 0 Å². The zero-order valence-corrected chi connectivity index (χ0v) is 14.2. The molecule has 5 heteroatoms. The zero-order valence-electron chi connectivity index (χ0n) is 14.2. The van der Waals surface area contributed by atoms with Crippen LogP contribution in [-0.4, -0.2) is 23.3 Å². The first-order chi connectivity index (χ1) is 12.1. The van der Waals surface area contributed by atoms with E-state index >= 15 is 0 Å². The van der Waals surface area contributed by atoms with Crippen molar-refractivity contribution in [3.05, 3.63) is 66.0 Å². The zero-order chi connectivity index (χ0) is 17.6. The number of carbonyl (C=O) groups is 2. The summed E-state index contributed by atoms with van der Waals surface area (Å²) in [5.74, 6) is -0.0204. The topological polar surface area (TPSA) is 62.3 Å². The van der Waals surface area contributed by atoms with E-state index in [0.29, 0.717) is 6.42 Å². The Balaban J connectivity index is 1.64. The van der Waals surface area contributed by atoms with Gasteiger partial charge in [-0.3, -0.25) is 14.6 Å². The van der Waals surface area contributed by atoms with Crippen molar-refractivity contribution in [2.24, 2.45) is 0 Å². The third kappa shape index (κ3) is 4.32. The Labute approximate surface area is 147 Å². The standard InChI is InChI=1S/C20H21N3O2/c1-15(22-19(24)11-10-17-7-2-3-12-21-17)16-6-4-8-18(14-16)23-13-5-9-20(23)25/h2-4,6-8,10-12,14-15H,5,9,13H2,1H3,(H,22,24). The van der Waals surface area contributed by atoms with Gasteiger partial charge in [0, 0.05) is 30.9 Å². The molecule has 2 amide bonds. The monoisotopic (exact) mass is 335 g/mol. The van der Waals surface area contributed by atoms with Crippen molar-refractivity contribution in [1.29, 1.82) is 0 Å². The van der Waals surface area contributed by atoms with Gasteiger partial charge in [-0.1, -0.05) is 18.2 Å². The van der Waals surface area contributed by atoms with Crippen LogP contribution in [0.4, 0.5) is 5.69 Å². The molecule has 0 bridgehead atoms. The van der Waals surface area contributed by atoms with Gasteiger partial charge in [-0.2, -0.15) is 0 Å². The summed E-state index contributed by atoms with van der Waals surface area (Å²) < 4.78 is 0. The van der Waals surface area contributed by atoms with Crippen molar-refractivity contribution in [3.8, 4) is 0 Å². The van der Waals surface area contributed by atoms with Crippen LogP contribution >= 0.6 is 0 Å². The lowest BCUT2D eigenvalue weighted by Crippen LogP contribution is -2.26. The minimum Gasteiger partial charge on any atom is -0.346 e. The van der Waals surface area contributed by atoms with Gasteiger partial charge in [-0.25, -0.2) is 0 Å². The highest BCUT2D eigenvalue weighted by Crippen LogP contribution is 2.24. The van der Waals surface area contributed by atoms with Crippen LogP contribution in [0.1, 0.15) is 37.1 Å². The molecule has 0 spiro atoms. The Bertz CT molecular complexity index is 787. The molecular formula is C20H21N3O2. The Kier molecular flexibility index (Phi) is 5.23. The van der Waals surface area contributed by atoms with E-state index in [1.165, 1.54) is 6.08 Å². The van der Waals surface area contributed by atoms with Gasteiger partial charge in [0.1, 0.15) is 0 Å². The number of nitrogens with one attached hydrogen (secondary N) is 1. The SMILES string of the molecule is CC(NC(=O)C=Cc1ccccn1)c1cccc(N2CCCC2=O)c1. The Morgan fingerprint density at radius 3 is 2.88 bits per heavy atom. The molecular weight excluding hydrogens is 314 g/mol. The largest absolute Gasteiger partial charge is 0.346 e. The van der Waals surface area contributed by atoms with Crippen LogP contribution in [0.25, 0.3) is 6.08 Å². The maximum absolute atomic E-state index is 12.1. The molecule has 2 heterocycles. The highest BCUT2D eigenvalue weighted by molar-refractivity contribution is 5.95. The van der Waals surface area contributed by atoms with Gasteiger partial charge in [0.15, 0.2) is 0 Å². The number of nitrogens with zero attached hydrogens (tertiary/aromatic N) is 2. The highest BCUT2D eigenvalue weighted by Gasteiger charge is 2.22. The molecule has 1 N–H and O–H groups in total. The van der Waals surface area contributed by atoms with Crippen molar-refractivity contribution in [2.75, 3.05) is 11.4 Å². The molecule has 1 fully saturated rings.